The molecule has 2 heterocycles. The number of benzene rings is 2. The number of nitrogens with zero attached hydrogens (tertiary/aromatic N) is 3. The number of rotatable bonds is 7. The molecule has 1 amide bonds. The van der Waals surface area contributed by atoms with Crippen molar-refractivity contribution in [1.29, 1.82) is 0 Å². The Morgan fingerprint density at radius 3 is 2.36 bits per heavy atom. The van der Waals surface area contributed by atoms with Gasteiger partial charge in [-0.3, -0.25) is 23.6 Å². The van der Waals surface area contributed by atoms with Gasteiger partial charge in [-0.05, 0) is 36.5 Å². The van der Waals surface area contributed by atoms with Crippen molar-refractivity contribution < 1.29 is 4.79 Å². The Morgan fingerprint density at radius 2 is 1.64 bits per heavy atom. The smallest absolute Gasteiger partial charge is 0.331 e. The molecule has 7 heteroatoms. The quantitative estimate of drug-likeness (QED) is 0.603. The predicted molar refractivity (Wildman–Crippen MR) is 128 cm³/mol. The van der Waals surface area contributed by atoms with Crippen LogP contribution in [0.15, 0.2) is 76.4 Å². The fraction of sp³-hybridized carbons (Fsp3) is 0.346. The SMILES string of the molecule is Cc1ccccc1CN1CCC(NC(=O)Cn2c(=O)ccn(Cc3ccccc3)c2=O)CC1. The summed E-state index contributed by atoms with van der Waals surface area (Å²) in [7, 11) is 0. The second-order valence-corrected chi connectivity index (χ2v) is 8.68. The van der Waals surface area contributed by atoms with E-state index < -0.39 is 11.2 Å². The Balaban J connectivity index is 1.33. The van der Waals surface area contributed by atoms with Gasteiger partial charge in [-0.2, -0.15) is 0 Å². The Morgan fingerprint density at radius 1 is 0.939 bits per heavy atom. The molecule has 0 bridgehead atoms. The van der Waals surface area contributed by atoms with Gasteiger partial charge >= 0.3 is 5.69 Å². The van der Waals surface area contributed by atoms with Crippen LogP contribution < -0.4 is 16.6 Å². The van der Waals surface area contributed by atoms with Gasteiger partial charge in [0.25, 0.3) is 5.56 Å². The minimum absolute atomic E-state index is 0.0524. The fourth-order valence-corrected chi connectivity index (χ4v) is 4.28. The minimum atomic E-state index is -0.477. The largest absolute Gasteiger partial charge is 0.352 e. The highest BCUT2D eigenvalue weighted by Gasteiger charge is 2.21. The van der Waals surface area contributed by atoms with E-state index in [0.717, 1.165) is 42.6 Å². The van der Waals surface area contributed by atoms with Crippen LogP contribution in [-0.4, -0.2) is 39.1 Å². The summed E-state index contributed by atoms with van der Waals surface area (Å²) in [5.41, 5.74) is 2.63. The van der Waals surface area contributed by atoms with Crippen molar-refractivity contribution in [1.82, 2.24) is 19.4 Å². The van der Waals surface area contributed by atoms with E-state index in [1.807, 2.05) is 30.3 Å². The van der Waals surface area contributed by atoms with Crippen LogP contribution in [0.2, 0.25) is 0 Å². The summed E-state index contributed by atoms with van der Waals surface area (Å²) in [5.74, 6) is -0.302. The monoisotopic (exact) mass is 446 g/mol. The van der Waals surface area contributed by atoms with Gasteiger partial charge in [0.05, 0.1) is 6.54 Å². The van der Waals surface area contributed by atoms with Gasteiger partial charge in [0, 0.05) is 37.9 Å². The average molecular weight is 447 g/mol. The molecule has 2 aromatic carbocycles. The highest BCUT2D eigenvalue weighted by molar-refractivity contribution is 5.76. The van der Waals surface area contributed by atoms with Crippen molar-refractivity contribution in [2.24, 2.45) is 0 Å². The maximum atomic E-state index is 12.8. The lowest BCUT2D eigenvalue weighted by molar-refractivity contribution is -0.122. The van der Waals surface area contributed by atoms with Gasteiger partial charge in [0.2, 0.25) is 5.91 Å². The zero-order chi connectivity index (χ0) is 23.2. The van der Waals surface area contributed by atoms with E-state index >= 15 is 0 Å². The second kappa shape index (κ2) is 10.4. The summed E-state index contributed by atoms with van der Waals surface area (Å²) in [4.78, 5) is 40.1. The third kappa shape index (κ3) is 5.87. The standard InChI is InChI=1S/C26H30N4O3/c1-20-7-5-6-10-22(20)18-28-14-11-23(12-15-28)27-24(31)19-30-25(32)13-16-29(26(30)33)17-21-8-3-2-4-9-21/h2-10,13,16,23H,11-12,14-15,17-19H2,1H3,(H,27,31). The second-order valence-electron chi connectivity index (χ2n) is 8.68. The highest BCUT2D eigenvalue weighted by atomic mass is 16.2. The Bertz CT molecular complexity index is 1210. The van der Waals surface area contributed by atoms with Crippen molar-refractivity contribution >= 4 is 5.91 Å². The molecule has 0 saturated carbocycles. The molecule has 1 aromatic heterocycles. The average Bonchev–Trinajstić information content (AvgIpc) is 2.82. The van der Waals surface area contributed by atoms with Crippen LogP contribution in [0, 0.1) is 6.92 Å². The minimum Gasteiger partial charge on any atom is -0.352 e. The number of hydrogen-bond acceptors (Lipinski definition) is 4. The molecule has 1 aliphatic heterocycles. The van der Waals surface area contributed by atoms with E-state index in [-0.39, 0.29) is 18.5 Å². The Labute approximate surface area is 193 Å². The van der Waals surface area contributed by atoms with Gasteiger partial charge in [0.15, 0.2) is 0 Å². The van der Waals surface area contributed by atoms with Crippen LogP contribution in [0.3, 0.4) is 0 Å². The third-order valence-corrected chi connectivity index (χ3v) is 6.25. The van der Waals surface area contributed by atoms with Crippen molar-refractivity contribution in [3.63, 3.8) is 0 Å². The summed E-state index contributed by atoms with van der Waals surface area (Å²) in [6.45, 7) is 4.91. The lowest BCUT2D eigenvalue weighted by Crippen LogP contribution is -2.48. The van der Waals surface area contributed by atoms with Crippen LogP contribution >= 0.6 is 0 Å². The van der Waals surface area contributed by atoms with E-state index in [1.165, 1.54) is 28.0 Å². The van der Waals surface area contributed by atoms with E-state index in [9.17, 15) is 14.4 Å². The number of piperidine rings is 1. The van der Waals surface area contributed by atoms with E-state index in [0.29, 0.717) is 6.54 Å². The molecule has 1 fully saturated rings. The Hall–Kier alpha value is -3.45. The molecular formula is C26H30N4O3. The molecule has 3 aromatic rings. The van der Waals surface area contributed by atoms with Gasteiger partial charge in [-0.1, -0.05) is 54.6 Å². The van der Waals surface area contributed by atoms with Crippen LogP contribution in [0.5, 0.6) is 0 Å². The van der Waals surface area contributed by atoms with Gasteiger partial charge in [-0.25, -0.2) is 4.79 Å². The molecule has 0 unspecified atom stereocenters. The molecule has 7 nitrogen and oxygen atoms in total. The maximum Gasteiger partial charge on any atom is 0.331 e. The highest BCUT2D eigenvalue weighted by Crippen LogP contribution is 2.16. The molecule has 0 atom stereocenters. The summed E-state index contributed by atoms with van der Waals surface area (Å²) < 4.78 is 2.46. The van der Waals surface area contributed by atoms with E-state index in [2.05, 4.69) is 41.4 Å². The van der Waals surface area contributed by atoms with Crippen molar-refractivity contribution in [3.8, 4) is 0 Å². The van der Waals surface area contributed by atoms with E-state index in [4.69, 9.17) is 0 Å². The zero-order valence-electron chi connectivity index (χ0n) is 18.9. The van der Waals surface area contributed by atoms with Crippen molar-refractivity contribution in [2.45, 2.75) is 45.4 Å². The van der Waals surface area contributed by atoms with Gasteiger partial charge in [-0.15, -0.1) is 0 Å². The van der Waals surface area contributed by atoms with Crippen LogP contribution in [0.25, 0.3) is 0 Å². The number of nitrogens with one attached hydrogen (secondary N) is 1. The molecule has 0 aliphatic carbocycles. The maximum absolute atomic E-state index is 12.8. The van der Waals surface area contributed by atoms with Crippen LogP contribution in [0.1, 0.15) is 29.5 Å². The van der Waals surface area contributed by atoms with Crippen molar-refractivity contribution in [2.75, 3.05) is 13.1 Å². The van der Waals surface area contributed by atoms with Gasteiger partial charge in [0.1, 0.15) is 6.54 Å². The molecule has 1 N–H and O–H groups in total. The summed E-state index contributed by atoms with van der Waals surface area (Å²) in [6, 6.07) is 19.3. The molecule has 0 radical (unpaired) electrons. The molecule has 4 rings (SSSR count). The number of aromatic nitrogens is 2. The first-order valence-corrected chi connectivity index (χ1v) is 11.4. The molecule has 0 spiro atoms. The molecule has 1 saturated heterocycles. The van der Waals surface area contributed by atoms with Gasteiger partial charge < -0.3 is 5.32 Å². The number of hydrogen-bond donors (Lipinski definition) is 1. The lowest BCUT2D eigenvalue weighted by atomic mass is 10.0. The normalized spacial score (nSPS) is 14.8. The lowest BCUT2D eigenvalue weighted by Gasteiger charge is -2.32. The number of aryl methyl sites for hydroxylation is 1. The van der Waals surface area contributed by atoms with Crippen LogP contribution in [-0.2, 0) is 24.4 Å². The molecule has 172 valence electrons. The summed E-state index contributed by atoms with van der Waals surface area (Å²) >= 11 is 0. The first kappa shape index (κ1) is 22.7. The first-order chi connectivity index (χ1) is 16.0. The molecular weight excluding hydrogens is 416 g/mol. The molecule has 1 aliphatic rings. The number of likely N-dealkylation sites (tertiary alicyclic amines) is 1. The number of carbonyl (C=O) groups excluding carboxylic acids is 1. The topological polar surface area (TPSA) is 76.3 Å². The Kier molecular flexibility index (Phi) is 7.19. The molecule has 33 heavy (non-hydrogen) atoms. The van der Waals surface area contributed by atoms with E-state index in [1.54, 1.807) is 0 Å². The fourth-order valence-electron chi connectivity index (χ4n) is 4.28. The van der Waals surface area contributed by atoms with Crippen LogP contribution in [0.4, 0.5) is 0 Å². The zero-order valence-corrected chi connectivity index (χ0v) is 18.9. The predicted octanol–water partition coefficient (Wildman–Crippen LogP) is 2.15. The first-order valence-electron chi connectivity index (χ1n) is 11.4. The third-order valence-electron chi connectivity index (χ3n) is 6.25. The summed E-state index contributed by atoms with van der Waals surface area (Å²) in [5, 5.41) is 3.01. The number of carbonyl (C=O) groups is 1. The van der Waals surface area contributed by atoms with Crippen molar-refractivity contribution in [3.05, 3.63) is 104 Å². The number of amides is 1. The summed E-state index contributed by atoms with van der Waals surface area (Å²) in [6.07, 6.45) is 3.18.